The van der Waals surface area contributed by atoms with Crippen molar-refractivity contribution < 1.29 is 4.79 Å². The molecule has 5 nitrogen and oxygen atoms in total. The molecule has 1 amide bonds. The van der Waals surface area contributed by atoms with Gasteiger partial charge >= 0.3 is 0 Å². The maximum atomic E-state index is 11.8. The van der Waals surface area contributed by atoms with Gasteiger partial charge in [0.15, 0.2) is 5.69 Å². The quantitative estimate of drug-likeness (QED) is 0.911. The smallest absolute Gasteiger partial charge is 0.276 e. The van der Waals surface area contributed by atoms with Crippen LogP contribution in [0, 0.1) is 0 Å². The minimum absolute atomic E-state index is 0.168. The fourth-order valence-corrected chi connectivity index (χ4v) is 2.38. The van der Waals surface area contributed by atoms with Crippen LogP contribution >= 0.6 is 22.9 Å². The fourth-order valence-electron chi connectivity index (χ4n) is 1.24. The van der Waals surface area contributed by atoms with Crippen LogP contribution in [0.25, 0.3) is 0 Å². The van der Waals surface area contributed by atoms with Crippen molar-refractivity contribution in [2.45, 2.75) is 6.54 Å². The zero-order valence-corrected chi connectivity index (χ0v) is 10.0. The molecule has 0 radical (unpaired) electrons. The molecule has 0 bridgehead atoms. The summed E-state index contributed by atoms with van der Waals surface area (Å²) in [7, 11) is 1.71. The average molecular weight is 257 g/mol. The molecule has 0 unspecified atom stereocenters. The summed E-state index contributed by atoms with van der Waals surface area (Å²) in [5.41, 5.74) is 0.310. The van der Waals surface area contributed by atoms with E-state index in [-0.39, 0.29) is 5.91 Å². The van der Waals surface area contributed by atoms with Crippen molar-refractivity contribution >= 4 is 28.8 Å². The largest absolute Gasteiger partial charge is 0.335 e. The van der Waals surface area contributed by atoms with E-state index >= 15 is 0 Å². The van der Waals surface area contributed by atoms with Crippen LogP contribution in [0.1, 0.15) is 15.4 Å². The first kappa shape index (κ1) is 11.1. The van der Waals surface area contributed by atoms with Gasteiger partial charge in [0.05, 0.1) is 17.1 Å². The Balaban J connectivity index is 2.03. The molecular weight excluding hydrogens is 248 g/mol. The molecule has 0 aliphatic rings. The van der Waals surface area contributed by atoms with E-state index in [1.165, 1.54) is 17.5 Å². The third kappa shape index (κ3) is 2.40. The van der Waals surface area contributed by atoms with Gasteiger partial charge in [-0.3, -0.25) is 4.79 Å². The molecule has 7 heteroatoms. The van der Waals surface area contributed by atoms with Crippen LogP contribution in [0.15, 0.2) is 18.3 Å². The average Bonchev–Trinajstić information content (AvgIpc) is 2.88. The molecule has 0 aliphatic heterocycles. The number of hydrogen-bond acceptors (Lipinski definition) is 4. The number of H-pyrrole nitrogens is 1. The topological polar surface area (TPSA) is 61.9 Å². The third-order valence-corrected chi connectivity index (χ3v) is 3.22. The van der Waals surface area contributed by atoms with Crippen LogP contribution in [-0.2, 0) is 6.54 Å². The SMILES string of the molecule is CN(Cc1ccc(Cl)s1)C(=O)c1cn[nH]n1. The summed E-state index contributed by atoms with van der Waals surface area (Å²) in [6.45, 7) is 0.517. The molecule has 2 heterocycles. The van der Waals surface area contributed by atoms with Gasteiger partial charge in [-0.15, -0.1) is 11.3 Å². The van der Waals surface area contributed by atoms with E-state index in [2.05, 4.69) is 15.4 Å². The Morgan fingerprint density at radius 2 is 2.44 bits per heavy atom. The van der Waals surface area contributed by atoms with Gasteiger partial charge in [0.1, 0.15) is 0 Å². The Bertz CT molecular complexity index is 481. The molecule has 16 heavy (non-hydrogen) atoms. The lowest BCUT2D eigenvalue weighted by Crippen LogP contribution is -2.26. The van der Waals surface area contributed by atoms with Gasteiger partial charge in [-0.05, 0) is 12.1 Å². The van der Waals surface area contributed by atoms with E-state index in [9.17, 15) is 4.79 Å². The highest BCUT2D eigenvalue weighted by molar-refractivity contribution is 7.16. The maximum Gasteiger partial charge on any atom is 0.276 e. The second-order valence-corrected chi connectivity index (χ2v) is 5.02. The summed E-state index contributed by atoms with van der Waals surface area (Å²) in [6, 6.07) is 3.72. The van der Waals surface area contributed by atoms with Crippen molar-refractivity contribution in [3.63, 3.8) is 0 Å². The van der Waals surface area contributed by atoms with Crippen molar-refractivity contribution in [3.8, 4) is 0 Å². The van der Waals surface area contributed by atoms with E-state index in [0.717, 1.165) is 9.21 Å². The lowest BCUT2D eigenvalue weighted by atomic mass is 10.3. The number of carbonyl (C=O) groups excluding carboxylic acids is 1. The van der Waals surface area contributed by atoms with Crippen LogP contribution < -0.4 is 0 Å². The molecule has 2 rings (SSSR count). The van der Waals surface area contributed by atoms with Crippen molar-refractivity contribution in [1.29, 1.82) is 0 Å². The Hall–Kier alpha value is -1.40. The maximum absolute atomic E-state index is 11.8. The second kappa shape index (κ2) is 4.63. The minimum atomic E-state index is -0.168. The number of amides is 1. The van der Waals surface area contributed by atoms with Crippen molar-refractivity contribution in [2.24, 2.45) is 0 Å². The molecule has 0 spiro atoms. The fraction of sp³-hybridized carbons (Fsp3) is 0.222. The first-order valence-electron chi connectivity index (χ1n) is 4.52. The van der Waals surface area contributed by atoms with Gasteiger partial charge < -0.3 is 4.90 Å². The second-order valence-electron chi connectivity index (χ2n) is 3.22. The van der Waals surface area contributed by atoms with Crippen LogP contribution in [-0.4, -0.2) is 33.3 Å². The highest BCUT2D eigenvalue weighted by atomic mass is 35.5. The molecule has 84 valence electrons. The number of halogens is 1. The third-order valence-electron chi connectivity index (χ3n) is 2.00. The lowest BCUT2D eigenvalue weighted by Gasteiger charge is -2.13. The Morgan fingerprint density at radius 3 is 3.00 bits per heavy atom. The zero-order valence-electron chi connectivity index (χ0n) is 8.48. The summed E-state index contributed by atoms with van der Waals surface area (Å²) in [5.74, 6) is -0.168. The summed E-state index contributed by atoms with van der Waals surface area (Å²) >= 11 is 7.27. The van der Waals surface area contributed by atoms with E-state index in [4.69, 9.17) is 11.6 Å². The summed E-state index contributed by atoms with van der Waals surface area (Å²) in [4.78, 5) is 14.4. The Kier molecular flexibility index (Phi) is 3.21. The van der Waals surface area contributed by atoms with E-state index < -0.39 is 0 Å². The van der Waals surface area contributed by atoms with Crippen molar-refractivity contribution in [1.82, 2.24) is 20.3 Å². The summed E-state index contributed by atoms with van der Waals surface area (Å²) in [6.07, 6.45) is 1.40. The molecule has 0 saturated heterocycles. The monoisotopic (exact) mass is 256 g/mol. The number of carbonyl (C=O) groups is 1. The molecule has 0 saturated carbocycles. The highest BCUT2D eigenvalue weighted by Gasteiger charge is 2.15. The molecule has 0 aromatic carbocycles. The van der Waals surface area contributed by atoms with Gasteiger partial charge in [-0.1, -0.05) is 11.6 Å². The number of aromatic nitrogens is 3. The zero-order chi connectivity index (χ0) is 11.5. The molecule has 1 N–H and O–H groups in total. The molecule has 2 aromatic rings. The molecule has 0 aliphatic carbocycles. The predicted octanol–water partition coefficient (Wildman–Crippen LogP) is 1.79. The van der Waals surface area contributed by atoms with E-state index in [1.807, 2.05) is 12.1 Å². The van der Waals surface area contributed by atoms with Gasteiger partial charge in [-0.2, -0.15) is 15.4 Å². The highest BCUT2D eigenvalue weighted by Crippen LogP contribution is 2.22. The number of nitrogens with one attached hydrogen (secondary N) is 1. The van der Waals surface area contributed by atoms with Crippen LogP contribution in [0.3, 0.4) is 0 Å². The van der Waals surface area contributed by atoms with Crippen LogP contribution in [0.5, 0.6) is 0 Å². The van der Waals surface area contributed by atoms with Crippen LogP contribution in [0.4, 0.5) is 0 Å². The standard InChI is InChI=1S/C9H9ClN4OS/c1-14(5-6-2-3-8(10)16-6)9(15)7-4-11-13-12-7/h2-4H,5H2,1H3,(H,11,12,13). The Morgan fingerprint density at radius 1 is 1.62 bits per heavy atom. The number of hydrogen-bond donors (Lipinski definition) is 1. The summed E-state index contributed by atoms with van der Waals surface area (Å²) in [5, 5.41) is 9.74. The normalized spacial score (nSPS) is 10.4. The Labute approximate surface area is 101 Å². The minimum Gasteiger partial charge on any atom is -0.335 e. The molecule has 2 aromatic heterocycles. The first-order chi connectivity index (χ1) is 7.66. The van der Waals surface area contributed by atoms with Gasteiger partial charge in [-0.25, -0.2) is 0 Å². The first-order valence-corrected chi connectivity index (χ1v) is 5.71. The van der Waals surface area contributed by atoms with Gasteiger partial charge in [0.2, 0.25) is 0 Å². The molecule has 0 atom stereocenters. The van der Waals surface area contributed by atoms with Crippen LogP contribution in [0.2, 0.25) is 4.34 Å². The van der Waals surface area contributed by atoms with E-state index in [1.54, 1.807) is 11.9 Å². The van der Waals surface area contributed by atoms with Gasteiger partial charge in [0, 0.05) is 11.9 Å². The van der Waals surface area contributed by atoms with Crippen molar-refractivity contribution in [3.05, 3.63) is 33.2 Å². The lowest BCUT2D eigenvalue weighted by molar-refractivity contribution is 0.0780. The number of nitrogens with zero attached hydrogens (tertiary/aromatic N) is 3. The number of thiophene rings is 1. The molecule has 0 fully saturated rings. The number of aromatic amines is 1. The molecular formula is C9H9ClN4OS. The van der Waals surface area contributed by atoms with Crippen molar-refractivity contribution in [2.75, 3.05) is 7.05 Å². The number of rotatable bonds is 3. The summed E-state index contributed by atoms with van der Waals surface area (Å²) < 4.78 is 0.720. The van der Waals surface area contributed by atoms with Gasteiger partial charge in [0.25, 0.3) is 5.91 Å². The van der Waals surface area contributed by atoms with E-state index in [0.29, 0.717) is 12.2 Å². The predicted molar refractivity (Wildman–Crippen MR) is 61.5 cm³/mol.